The Morgan fingerprint density at radius 3 is 2.82 bits per heavy atom. The third-order valence-electron chi connectivity index (χ3n) is 3.46. The Kier molecular flexibility index (Phi) is 2.39. The van der Waals surface area contributed by atoms with E-state index >= 15 is 0 Å². The number of fused-ring (bicyclic) bond motifs is 1. The maximum Gasteiger partial charge on any atom is 0.160 e. The lowest BCUT2D eigenvalue weighted by Gasteiger charge is -2.08. The highest BCUT2D eigenvalue weighted by molar-refractivity contribution is 6.31. The number of hydrogen-bond donors (Lipinski definition) is 0. The fraction of sp³-hybridized carbons (Fsp3) is 0.500. The number of nitrogens with zero attached hydrogens (tertiary/aromatic N) is 3. The van der Waals surface area contributed by atoms with Gasteiger partial charge in [-0.1, -0.05) is 25.4 Å². The second-order valence-electron chi connectivity index (χ2n) is 5.24. The normalized spacial score (nSPS) is 22.0. The topological polar surface area (TPSA) is 30.7 Å². The van der Waals surface area contributed by atoms with Crippen LogP contribution < -0.4 is 0 Å². The Hall–Kier alpha value is -0.800. The summed E-state index contributed by atoms with van der Waals surface area (Å²) < 4.78 is 2.17. The second kappa shape index (κ2) is 3.59. The summed E-state index contributed by atoms with van der Waals surface area (Å²) in [6, 6.07) is 2.29. The van der Waals surface area contributed by atoms with Gasteiger partial charge in [-0.05, 0) is 17.9 Å². The summed E-state index contributed by atoms with van der Waals surface area (Å²) in [6.45, 7) is 4.49. The summed E-state index contributed by atoms with van der Waals surface area (Å²) in [5, 5.41) is 0.610. The van der Waals surface area contributed by atoms with Crippen molar-refractivity contribution in [2.24, 2.45) is 5.41 Å². The molecule has 1 unspecified atom stereocenters. The highest BCUT2D eigenvalue weighted by Crippen LogP contribution is 2.56. The molecule has 1 aliphatic rings. The molecule has 17 heavy (non-hydrogen) atoms. The summed E-state index contributed by atoms with van der Waals surface area (Å²) >= 11 is 11.9. The van der Waals surface area contributed by atoms with E-state index in [1.807, 2.05) is 6.07 Å². The van der Waals surface area contributed by atoms with Crippen LogP contribution in [-0.4, -0.2) is 14.5 Å². The monoisotopic (exact) mass is 269 g/mol. The number of halogens is 2. The number of aromatic nitrogens is 3. The molecule has 2 aromatic rings. The minimum atomic E-state index is 0.315. The van der Waals surface area contributed by atoms with Crippen LogP contribution in [0.3, 0.4) is 0 Å². The molecule has 0 bridgehead atoms. The van der Waals surface area contributed by atoms with Crippen molar-refractivity contribution in [3.05, 3.63) is 23.1 Å². The zero-order valence-electron chi connectivity index (χ0n) is 9.74. The molecule has 0 radical (unpaired) electrons. The number of rotatable bonds is 2. The molecule has 2 heterocycles. The van der Waals surface area contributed by atoms with Gasteiger partial charge in [0.1, 0.15) is 11.3 Å². The molecule has 5 heteroatoms. The molecule has 1 aliphatic carbocycles. The Bertz CT molecular complexity index is 589. The van der Waals surface area contributed by atoms with E-state index in [1.165, 1.54) is 0 Å². The zero-order valence-corrected chi connectivity index (χ0v) is 11.3. The van der Waals surface area contributed by atoms with Crippen molar-refractivity contribution in [1.29, 1.82) is 0 Å². The van der Waals surface area contributed by atoms with Gasteiger partial charge in [-0.3, -0.25) is 0 Å². The lowest BCUT2D eigenvalue weighted by molar-refractivity contribution is 0.538. The molecular formula is C12H13Cl2N3. The number of hydrogen-bond acceptors (Lipinski definition) is 2. The van der Waals surface area contributed by atoms with Crippen molar-refractivity contribution >= 4 is 34.4 Å². The molecule has 1 fully saturated rings. The Morgan fingerprint density at radius 2 is 2.24 bits per heavy atom. The first-order valence-corrected chi connectivity index (χ1v) is 6.52. The summed E-state index contributed by atoms with van der Waals surface area (Å²) in [7, 11) is 0. The molecule has 0 amide bonds. The van der Waals surface area contributed by atoms with Gasteiger partial charge in [0, 0.05) is 12.2 Å². The van der Waals surface area contributed by atoms with E-state index in [4.69, 9.17) is 23.2 Å². The SMILES string of the molecule is CC1(C)CC1n1c(CCl)nc2cc(Cl)cnc21. The van der Waals surface area contributed by atoms with Crippen LogP contribution in [0.4, 0.5) is 0 Å². The highest BCUT2D eigenvalue weighted by Gasteiger charge is 2.48. The third kappa shape index (κ3) is 1.72. The summed E-state index contributed by atoms with van der Waals surface area (Å²) in [6.07, 6.45) is 2.81. The van der Waals surface area contributed by atoms with Crippen molar-refractivity contribution in [2.45, 2.75) is 32.2 Å². The number of alkyl halides is 1. The van der Waals surface area contributed by atoms with Gasteiger partial charge in [-0.25, -0.2) is 9.97 Å². The predicted molar refractivity (Wildman–Crippen MR) is 69.5 cm³/mol. The lowest BCUT2D eigenvalue weighted by atomic mass is 10.2. The third-order valence-corrected chi connectivity index (χ3v) is 3.91. The smallest absolute Gasteiger partial charge is 0.160 e. The van der Waals surface area contributed by atoms with Crippen molar-refractivity contribution in [2.75, 3.05) is 0 Å². The van der Waals surface area contributed by atoms with Crippen molar-refractivity contribution in [3.8, 4) is 0 Å². The van der Waals surface area contributed by atoms with E-state index in [0.717, 1.165) is 23.4 Å². The Labute approximate surface area is 110 Å². The Balaban J connectivity index is 2.21. The van der Waals surface area contributed by atoms with Crippen LogP contribution in [0.5, 0.6) is 0 Å². The molecule has 1 atom stereocenters. The van der Waals surface area contributed by atoms with Gasteiger partial charge in [-0.15, -0.1) is 11.6 Å². The van der Waals surface area contributed by atoms with Gasteiger partial charge in [0.05, 0.1) is 10.9 Å². The maximum absolute atomic E-state index is 5.96. The van der Waals surface area contributed by atoms with Crippen LogP contribution in [0, 0.1) is 5.41 Å². The van der Waals surface area contributed by atoms with Gasteiger partial charge in [-0.2, -0.15) is 0 Å². The van der Waals surface area contributed by atoms with Crippen LogP contribution in [-0.2, 0) is 5.88 Å². The molecule has 0 aromatic carbocycles. The second-order valence-corrected chi connectivity index (χ2v) is 5.94. The first kappa shape index (κ1) is 11.3. The molecule has 1 saturated carbocycles. The fourth-order valence-electron chi connectivity index (χ4n) is 2.31. The predicted octanol–water partition coefficient (Wildman–Crippen LogP) is 3.79. The number of imidazole rings is 1. The summed E-state index contributed by atoms with van der Waals surface area (Å²) in [5.74, 6) is 1.28. The zero-order chi connectivity index (χ0) is 12.2. The van der Waals surface area contributed by atoms with Crippen LogP contribution >= 0.6 is 23.2 Å². The number of pyridine rings is 1. The average Bonchev–Trinajstić information content (AvgIpc) is 2.74. The van der Waals surface area contributed by atoms with E-state index in [-0.39, 0.29) is 0 Å². The Morgan fingerprint density at radius 1 is 1.53 bits per heavy atom. The van der Waals surface area contributed by atoms with E-state index in [9.17, 15) is 0 Å². The van der Waals surface area contributed by atoms with Crippen molar-refractivity contribution in [3.63, 3.8) is 0 Å². The van der Waals surface area contributed by atoms with Crippen LogP contribution in [0.25, 0.3) is 11.2 Å². The van der Waals surface area contributed by atoms with Gasteiger partial charge in [0.2, 0.25) is 0 Å². The van der Waals surface area contributed by atoms with Gasteiger partial charge >= 0.3 is 0 Å². The summed E-state index contributed by atoms with van der Waals surface area (Å²) in [4.78, 5) is 8.89. The van der Waals surface area contributed by atoms with Gasteiger partial charge in [0.25, 0.3) is 0 Å². The highest BCUT2D eigenvalue weighted by atomic mass is 35.5. The maximum atomic E-state index is 5.96. The van der Waals surface area contributed by atoms with Crippen molar-refractivity contribution < 1.29 is 0 Å². The van der Waals surface area contributed by atoms with E-state index < -0.39 is 0 Å². The molecule has 2 aromatic heterocycles. The molecule has 0 saturated heterocycles. The largest absolute Gasteiger partial charge is 0.308 e. The molecule has 3 rings (SSSR count). The molecule has 3 nitrogen and oxygen atoms in total. The van der Waals surface area contributed by atoms with Crippen LogP contribution in [0.2, 0.25) is 5.02 Å². The molecule has 0 spiro atoms. The van der Waals surface area contributed by atoms with E-state index in [1.54, 1.807) is 6.20 Å². The molecular weight excluding hydrogens is 257 g/mol. The average molecular weight is 270 g/mol. The molecule has 0 aliphatic heterocycles. The molecule has 0 N–H and O–H groups in total. The van der Waals surface area contributed by atoms with Gasteiger partial charge in [0.15, 0.2) is 5.65 Å². The summed E-state index contributed by atoms with van der Waals surface area (Å²) in [5.41, 5.74) is 2.03. The minimum Gasteiger partial charge on any atom is -0.308 e. The lowest BCUT2D eigenvalue weighted by Crippen LogP contribution is -2.05. The van der Waals surface area contributed by atoms with E-state index in [2.05, 4.69) is 28.4 Å². The first-order chi connectivity index (χ1) is 8.03. The quantitative estimate of drug-likeness (QED) is 0.777. The van der Waals surface area contributed by atoms with Crippen molar-refractivity contribution in [1.82, 2.24) is 14.5 Å². The standard InChI is InChI=1S/C12H13Cl2N3/c1-12(2)4-9(12)17-10(5-13)16-8-3-7(14)6-15-11(8)17/h3,6,9H,4-5H2,1-2H3. The van der Waals surface area contributed by atoms with E-state index in [0.29, 0.717) is 22.4 Å². The van der Waals surface area contributed by atoms with Crippen LogP contribution in [0.15, 0.2) is 12.3 Å². The minimum absolute atomic E-state index is 0.315. The fourth-order valence-corrected chi connectivity index (χ4v) is 2.65. The first-order valence-electron chi connectivity index (χ1n) is 5.61. The van der Waals surface area contributed by atoms with Gasteiger partial charge < -0.3 is 4.57 Å². The van der Waals surface area contributed by atoms with Crippen LogP contribution in [0.1, 0.15) is 32.1 Å². The molecule has 90 valence electrons.